The third-order valence-electron chi connectivity index (χ3n) is 2.17. The van der Waals surface area contributed by atoms with Gasteiger partial charge in [-0.3, -0.25) is 0 Å². The molecule has 0 saturated carbocycles. The van der Waals surface area contributed by atoms with Crippen molar-refractivity contribution in [1.29, 1.82) is 0 Å². The molecule has 0 spiro atoms. The van der Waals surface area contributed by atoms with Gasteiger partial charge in [0.2, 0.25) is 5.82 Å². The Morgan fingerprint density at radius 2 is 2.07 bits per heavy atom. The van der Waals surface area contributed by atoms with Crippen molar-refractivity contribution in [1.82, 2.24) is 0 Å². The molecule has 0 aliphatic heterocycles. The van der Waals surface area contributed by atoms with E-state index in [1.165, 1.54) is 13.2 Å². The highest BCUT2D eigenvalue weighted by Gasteiger charge is 2.14. The molecule has 84 valence electrons. The van der Waals surface area contributed by atoms with E-state index < -0.39 is 17.7 Å². The summed E-state index contributed by atoms with van der Waals surface area (Å²) in [7, 11) is 1.30. The van der Waals surface area contributed by atoms with E-state index >= 15 is 0 Å². The van der Waals surface area contributed by atoms with E-state index in [4.69, 9.17) is 9.84 Å². The van der Waals surface area contributed by atoms with E-state index in [0.29, 0.717) is 18.4 Å². The zero-order valence-corrected chi connectivity index (χ0v) is 8.76. The number of ether oxygens (including phenoxy) is 1. The minimum atomic E-state index is -0.972. The number of halogens is 2. The van der Waals surface area contributed by atoms with Gasteiger partial charge in [-0.25, -0.2) is 4.39 Å². The summed E-state index contributed by atoms with van der Waals surface area (Å²) >= 11 is 0. The predicted molar refractivity (Wildman–Crippen MR) is 52.9 cm³/mol. The smallest absolute Gasteiger partial charge is 0.200 e. The SMILES string of the molecule is COc1c(CCC(C)O)ccc(F)c1F. The van der Waals surface area contributed by atoms with Crippen molar-refractivity contribution in [3.05, 3.63) is 29.3 Å². The molecule has 4 heteroatoms. The lowest BCUT2D eigenvalue weighted by Gasteiger charge is -2.10. The largest absolute Gasteiger partial charge is 0.493 e. The van der Waals surface area contributed by atoms with Gasteiger partial charge in [0.1, 0.15) is 0 Å². The van der Waals surface area contributed by atoms with Gasteiger partial charge in [0.15, 0.2) is 11.6 Å². The number of rotatable bonds is 4. The van der Waals surface area contributed by atoms with Crippen LogP contribution in [-0.4, -0.2) is 18.3 Å². The van der Waals surface area contributed by atoms with Crippen LogP contribution in [0.2, 0.25) is 0 Å². The quantitative estimate of drug-likeness (QED) is 0.836. The van der Waals surface area contributed by atoms with Crippen LogP contribution in [0.4, 0.5) is 8.78 Å². The molecule has 0 bridgehead atoms. The van der Waals surface area contributed by atoms with Crippen LogP contribution >= 0.6 is 0 Å². The van der Waals surface area contributed by atoms with Crippen molar-refractivity contribution in [3.8, 4) is 5.75 Å². The van der Waals surface area contributed by atoms with Crippen LogP contribution in [-0.2, 0) is 6.42 Å². The van der Waals surface area contributed by atoms with Crippen LogP contribution in [0, 0.1) is 11.6 Å². The monoisotopic (exact) mass is 216 g/mol. The fraction of sp³-hybridized carbons (Fsp3) is 0.455. The Hall–Kier alpha value is -1.16. The molecule has 1 aromatic rings. The number of hydrogen-bond donors (Lipinski definition) is 1. The summed E-state index contributed by atoms with van der Waals surface area (Å²) in [6.45, 7) is 1.65. The first-order chi connectivity index (χ1) is 7.06. The highest BCUT2D eigenvalue weighted by molar-refractivity contribution is 5.35. The maximum atomic E-state index is 13.2. The summed E-state index contributed by atoms with van der Waals surface area (Å²) in [6, 6.07) is 2.54. The maximum Gasteiger partial charge on any atom is 0.200 e. The van der Waals surface area contributed by atoms with Gasteiger partial charge in [0, 0.05) is 0 Å². The third kappa shape index (κ3) is 2.89. The van der Waals surface area contributed by atoms with Gasteiger partial charge < -0.3 is 9.84 Å². The molecular formula is C11H14F2O2. The summed E-state index contributed by atoms with van der Waals surface area (Å²) in [5, 5.41) is 9.09. The molecule has 0 radical (unpaired) electrons. The fourth-order valence-corrected chi connectivity index (χ4v) is 1.35. The minimum Gasteiger partial charge on any atom is -0.493 e. The van der Waals surface area contributed by atoms with Crippen LogP contribution in [0.1, 0.15) is 18.9 Å². The Labute approximate surface area is 87.5 Å². The number of aliphatic hydroxyl groups is 1. The van der Waals surface area contributed by atoms with Crippen LogP contribution < -0.4 is 4.74 Å². The van der Waals surface area contributed by atoms with E-state index in [-0.39, 0.29) is 5.75 Å². The van der Waals surface area contributed by atoms with Crippen molar-refractivity contribution in [2.24, 2.45) is 0 Å². The second kappa shape index (κ2) is 5.07. The van der Waals surface area contributed by atoms with Gasteiger partial charge in [-0.05, 0) is 31.4 Å². The summed E-state index contributed by atoms with van der Waals surface area (Å²) in [5.74, 6) is -1.97. The van der Waals surface area contributed by atoms with Crippen LogP contribution in [0.25, 0.3) is 0 Å². The average Bonchev–Trinajstić information content (AvgIpc) is 2.19. The molecule has 0 fully saturated rings. The lowest BCUT2D eigenvalue weighted by atomic mass is 10.1. The van der Waals surface area contributed by atoms with Gasteiger partial charge in [0.25, 0.3) is 0 Å². The van der Waals surface area contributed by atoms with Crippen molar-refractivity contribution in [2.75, 3.05) is 7.11 Å². The first-order valence-electron chi connectivity index (χ1n) is 4.75. The highest BCUT2D eigenvalue weighted by atomic mass is 19.2. The van der Waals surface area contributed by atoms with Crippen LogP contribution in [0.15, 0.2) is 12.1 Å². The Bertz CT molecular complexity index is 338. The summed E-state index contributed by atoms with van der Waals surface area (Å²) < 4.78 is 30.9. The lowest BCUT2D eigenvalue weighted by Crippen LogP contribution is -2.04. The van der Waals surface area contributed by atoms with Crippen molar-refractivity contribution < 1.29 is 18.6 Å². The lowest BCUT2D eigenvalue weighted by molar-refractivity contribution is 0.184. The second-order valence-electron chi connectivity index (χ2n) is 3.44. The zero-order valence-electron chi connectivity index (χ0n) is 8.76. The molecule has 1 N–H and O–H groups in total. The van der Waals surface area contributed by atoms with Crippen molar-refractivity contribution >= 4 is 0 Å². The Morgan fingerprint density at radius 1 is 1.40 bits per heavy atom. The van der Waals surface area contributed by atoms with Gasteiger partial charge in [-0.2, -0.15) is 4.39 Å². The van der Waals surface area contributed by atoms with Gasteiger partial charge in [0.05, 0.1) is 13.2 Å². The van der Waals surface area contributed by atoms with E-state index in [1.807, 2.05) is 0 Å². The fourth-order valence-electron chi connectivity index (χ4n) is 1.35. The Balaban J connectivity index is 2.92. The standard InChI is InChI=1S/C11H14F2O2/c1-7(14)3-4-8-5-6-9(12)10(13)11(8)15-2/h5-7,14H,3-4H2,1-2H3. The van der Waals surface area contributed by atoms with E-state index in [9.17, 15) is 8.78 Å². The molecule has 15 heavy (non-hydrogen) atoms. The summed E-state index contributed by atoms with van der Waals surface area (Å²) in [4.78, 5) is 0. The molecule has 0 aromatic heterocycles. The minimum absolute atomic E-state index is 0.0735. The first kappa shape index (κ1) is 11.9. The van der Waals surface area contributed by atoms with Gasteiger partial charge >= 0.3 is 0 Å². The number of benzene rings is 1. The van der Waals surface area contributed by atoms with Crippen molar-refractivity contribution in [2.45, 2.75) is 25.9 Å². The maximum absolute atomic E-state index is 13.2. The summed E-state index contributed by atoms with van der Waals surface area (Å²) in [6.07, 6.45) is 0.474. The predicted octanol–water partition coefficient (Wildman–Crippen LogP) is 2.29. The molecule has 1 unspecified atom stereocenters. The molecule has 1 atom stereocenters. The van der Waals surface area contributed by atoms with E-state index in [1.54, 1.807) is 6.92 Å². The molecule has 0 aliphatic rings. The molecule has 0 amide bonds. The molecule has 0 heterocycles. The molecule has 1 aromatic carbocycles. The van der Waals surface area contributed by atoms with Gasteiger partial charge in [-0.1, -0.05) is 6.07 Å². The molecular weight excluding hydrogens is 202 g/mol. The average molecular weight is 216 g/mol. The van der Waals surface area contributed by atoms with Crippen LogP contribution in [0.5, 0.6) is 5.75 Å². The van der Waals surface area contributed by atoms with Crippen LogP contribution in [0.3, 0.4) is 0 Å². The number of aryl methyl sites for hydroxylation is 1. The topological polar surface area (TPSA) is 29.5 Å². The first-order valence-corrected chi connectivity index (χ1v) is 4.75. The Morgan fingerprint density at radius 3 is 2.60 bits per heavy atom. The normalized spacial score (nSPS) is 12.6. The molecule has 2 nitrogen and oxygen atoms in total. The van der Waals surface area contributed by atoms with Crippen molar-refractivity contribution in [3.63, 3.8) is 0 Å². The number of methoxy groups -OCH3 is 1. The molecule has 1 rings (SSSR count). The number of aliphatic hydroxyl groups excluding tert-OH is 1. The van der Waals surface area contributed by atoms with E-state index in [0.717, 1.165) is 6.07 Å². The molecule has 0 aliphatic carbocycles. The Kier molecular flexibility index (Phi) is 4.03. The summed E-state index contributed by atoms with van der Waals surface area (Å²) in [5.41, 5.74) is 0.567. The van der Waals surface area contributed by atoms with E-state index in [2.05, 4.69) is 0 Å². The zero-order chi connectivity index (χ0) is 11.4. The highest BCUT2D eigenvalue weighted by Crippen LogP contribution is 2.26. The third-order valence-corrected chi connectivity index (χ3v) is 2.17. The van der Waals surface area contributed by atoms with Gasteiger partial charge in [-0.15, -0.1) is 0 Å². The molecule has 0 saturated heterocycles. The number of hydrogen-bond acceptors (Lipinski definition) is 2. The second-order valence-corrected chi connectivity index (χ2v) is 3.44.